The highest BCUT2D eigenvalue weighted by atomic mass is 79.9. The van der Waals surface area contributed by atoms with Crippen molar-refractivity contribution in [2.75, 3.05) is 5.32 Å². The van der Waals surface area contributed by atoms with Gasteiger partial charge in [-0.15, -0.1) is 0 Å². The Labute approximate surface area is 159 Å². The summed E-state index contributed by atoms with van der Waals surface area (Å²) in [6, 6.07) is 13.1. The van der Waals surface area contributed by atoms with Crippen LogP contribution >= 0.6 is 27.5 Å². The summed E-state index contributed by atoms with van der Waals surface area (Å²) in [5.41, 5.74) is -0.0536. The first-order chi connectivity index (χ1) is 12.2. The van der Waals surface area contributed by atoms with E-state index in [2.05, 4.69) is 21.2 Å². The molecule has 0 saturated heterocycles. The Kier molecular flexibility index (Phi) is 5.11. The molecule has 0 saturated carbocycles. The second kappa shape index (κ2) is 7.17. The van der Waals surface area contributed by atoms with E-state index in [1.54, 1.807) is 6.07 Å². The summed E-state index contributed by atoms with van der Waals surface area (Å²) in [5.74, 6) is -0.116. The maximum atomic E-state index is 12.7. The lowest BCUT2D eigenvalue weighted by molar-refractivity contribution is -0.137. The Morgan fingerprint density at radius 1 is 1.04 bits per heavy atom. The minimum Gasteiger partial charge on any atom is -0.451 e. The minimum absolute atomic E-state index is 0.0129. The highest BCUT2D eigenvalue weighted by Gasteiger charge is 2.31. The van der Waals surface area contributed by atoms with Gasteiger partial charge in [0.2, 0.25) is 0 Å². The van der Waals surface area contributed by atoms with Gasteiger partial charge in [0.05, 0.1) is 16.3 Å². The average molecular weight is 445 g/mol. The summed E-state index contributed by atoms with van der Waals surface area (Å²) in [4.78, 5) is 12.3. The SMILES string of the molecule is O=C(Nc1ccc(C(F)(F)F)cc1Cl)c1ccc(-c2ccc(Br)cc2)o1. The van der Waals surface area contributed by atoms with Crippen LogP contribution in [-0.2, 0) is 6.18 Å². The van der Waals surface area contributed by atoms with Crippen molar-refractivity contribution in [1.29, 1.82) is 0 Å². The summed E-state index contributed by atoms with van der Waals surface area (Å²) in [6.45, 7) is 0. The molecule has 0 aliphatic heterocycles. The van der Waals surface area contributed by atoms with Gasteiger partial charge in [0.1, 0.15) is 5.76 Å². The number of rotatable bonds is 3. The van der Waals surface area contributed by atoms with E-state index < -0.39 is 17.6 Å². The van der Waals surface area contributed by atoms with Crippen LogP contribution in [0.2, 0.25) is 5.02 Å². The number of hydrogen-bond acceptors (Lipinski definition) is 2. The molecule has 3 rings (SSSR count). The largest absolute Gasteiger partial charge is 0.451 e. The Hall–Kier alpha value is -2.25. The number of carbonyl (C=O) groups excluding carboxylic acids is 1. The van der Waals surface area contributed by atoms with Gasteiger partial charge in [-0.25, -0.2) is 0 Å². The van der Waals surface area contributed by atoms with E-state index in [-0.39, 0.29) is 16.5 Å². The molecule has 0 aliphatic rings. The van der Waals surface area contributed by atoms with Crippen molar-refractivity contribution in [2.24, 2.45) is 0 Å². The number of nitrogens with one attached hydrogen (secondary N) is 1. The fraction of sp³-hybridized carbons (Fsp3) is 0.0556. The van der Waals surface area contributed by atoms with Crippen LogP contribution in [0.5, 0.6) is 0 Å². The van der Waals surface area contributed by atoms with Crippen LogP contribution in [0.15, 0.2) is 63.5 Å². The van der Waals surface area contributed by atoms with Crippen LogP contribution in [0.3, 0.4) is 0 Å². The van der Waals surface area contributed by atoms with Gasteiger partial charge in [-0.3, -0.25) is 4.79 Å². The smallest absolute Gasteiger partial charge is 0.416 e. The highest BCUT2D eigenvalue weighted by Crippen LogP contribution is 2.34. The van der Waals surface area contributed by atoms with Gasteiger partial charge in [0.25, 0.3) is 5.91 Å². The van der Waals surface area contributed by atoms with Gasteiger partial charge >= 0.3 is 6.18 Å². The maximum absolute atomic E-state index is 12.7. The first-order valence-electron chi connectivity index (χ1n) is 7.28. The van der Waals surface area contributed by atoms with E-state index in [4.69, 9.17) is 16.0 Å². The van der Waals surface area contributed by atoms with Gasteiger partial charge in [-0.1, -0.05) is 39.7 Å². The fourth-order valence-electron chi connectivity index (χ4n) is 2.21. The molecule has 2 aromatic carbocycles. The van der Waals surface area contributed by atoms with Gasteiger partial charge in [-0.2, -0.15) is 13.2 Å². The number of halogens is 5. The van der Waals surface area contributed by atoms with E-state index in [9.17, 15) is 18.0 Å². The van der Waals surface area contributed by atoms with Gasteiger partial charge in [-0.05, 0) is 42.5 Å². The third-order valence-electron chi connectivity index (χ3n) is 3.50. The number of amides is 1. The van der Waals surface area contributed by atoms with E-state index in [0.717, 1.165) is 28.2 Å². The van der Waals surface area contributed by atoms with E-state index in [0.29, 0.717) is 5.76 Å². The Bertz CT molecular complexity index is 952. The molecule has 1 amide bonds. The molecule has 0 spiro atoms. The van der Waals surface area contributed by atoms with E-state index in [1.807, 2.05) is 24.3 Å². The summed E-state index contributed by atoms with van der Waals surface area (Å²) >= 11 is 9.16. The normalized spacial score (nSPS) is 11.4. The topological polar surface area (TPSA) is 42.2 Å². The predicted octanol–water partition coefficient (Wildman–Crippen LogP) is 6.63. The van der Waals surface area contributed by atoms with Crippen LogP contribution in [0.1, 0.15) is 16.1 Å². The molecule has 0 atom stereocenters. The molecule has 8 heteroatoms. The molecule has 1 aromatic heterocycles. The summed E-state index contributed by atoms with van der Waals surface area (Å²) in [7, 11) is 0. The lowest BCUT2D eigenvalue weighted by Crippen LogP contribution is -2.12. The number of alkyl halides is 3. The van der Waals surface area contributed by atoms with Crippen LogP contribution in [0.4, 0.5) is 18.9 Å². The monoisotopic (exact) mass is 443 g/mol. The molecule has 3 aromatic rings. The lowest BCUT2D eigenvalue weighted by atomic mass is 10.2. The molecular formula is C18H10BrClF3NO2. The quantitative estimate of drug-likeness (QED) is 0.492. The number of hydrogen-bond donors (Lipinski definition) is 1. The molecule has 134 valence electrons. The third-order valence-corrected chi connectivity index (χ3v) is 4.34. The van der Waals surface area contributed by atoms with Crippen molar-refractivity contribution in [3.8, 4) is 11.3 Å². The van der Waals surface area contributed by atoms with Crippen molar-refractivity contribution in [2.45, 2.75) is 6.18 Å². The molecule has 26 heavy (non-hydrogen) atoms. The average Bonchev–Trinajstić information content (AvgIpc) is 3.06. The van der Waals surface area contributed by atoms with Crippen molar-refractivity contribution in [1.82, 2.24) is 0 Å². The number of furan rings is 1. The molecule has 0 fully saturated rings. The molecule has 1 N–H and O–H groups in total. The van der Waals surface area contributed by atoms with E-state index in [1.165, 1.54) is 6.07 Å². The predicted molar refractivity (Wildman–Crippen MR) is 96.3 cm³/mol. The zero-order valence-corrected chi connectivity index (χ0v) is 15.2. The molecule has 0 aliphatic carbocycles. The van der Waals surface area contributed by atoms with Crippen LogP contribution in [0, 0.1) is 0 Å². The van der Waals surface area contributed by atoms with Crippen LogP contribution in [-0.4, -0.2) is 5.91 Å². The van der Waals surface area contributed by atoms with Crippen molar-refractivity contribution < 1.29 is 22.4 Å². The second-order valence-corrected chi connectivity index (χ2v) is 6.64. The number of carbonyl (C=O) groups is 1. The highest BCUT2D eigenvalue weighted by molar-refractivity contribution is 9.10. The Balaban J connectivity index is 1.78. The molecule has 0 radical (unpaired) electrons. The fourth-order valence-corrected chi connectivity index (χ4v) is 2.70. The molecule has 0 unspecified atom stereocenters. The lowest BCUT2D eigenvalue weighted by Gasteiger charge is -2.10. The minimum atomic E-state index is -4.51. The Morgan fingerprint density at radius 2 is 1.73 bits per heavy atom. The van der Waals surface area contributed by atoms with Crippen molar-refractivity contribution >= 4 is 39.1 Å². The molecule has 0 bridgehead atoms. The van der Waals surface area contributed by atoms with Gasteiger partial charge in [0.15, 0.2) is 5.76 Å². The molecule has 3 nitrogen and oxygen atoms in total. The summed E-state index contributed by atoms with van der Waals surface area (Å²) in [6.07, 6.45) is -4.51. The molecule has 1 heterocycles. The standard InChI is InChI=1S/C18H10BrClF3NO2/c19-12-4-1-10(2-5-12)15-7-8-16(26-15)17(25)24-14-6-3-11(9-13(14)20)18(21,22)23/h1-9H,(H,24,25). The van der Waals surface area contributed by atoms with Crippen LogP contribution < -0.4 is 5.32 Å². The number of anilines is 1. The van der Waals surface area contributed by atoms with Crippen molar-refractivity contribution in [3.63, 3.8) is 0 Å². The number of benzene rings is 2. The van der Waals surface area contributed by atoms with E-state index >= 15 is 0 Å². The zero-order valence-electron chi connectivity index (χ0n) is 12.9. The zero-order chi connectivity index (χ0) is 18.9. The summed E-state index contributed by atoms with van der Waals surface area (Å²) in [5, 5.41) is 2.22. The van der Waals surface area contributed by atoms with Crippen LogP contribution in [0.25, 0.3) is 11.3 Å². The second-order valence-electron chi connectivity index (χ2n) is 5.32. The third kappa shape index (κ3) is 4.11. The first-order valence-corrected chi connectivity index (χ1v) is 8.45. The van der Waals surface area contributed by atoms with Gasteiger partial charge in [0, 0.05) is 10.0 Å². The maximum Gasteiger partial charge on any atom is 0.416 e. The first kappa shape index (κ1) is 18.5. The van der Waals surface area contributed by atoms with Crippen molar-refractivity contribution in [3.05, 3.63) is 75.4 Å². The molecular weight excluding hydrogens is 435 g/mol. The Morgan fingerprint density at radius 3 is 2.35 bits per heavy atom. The van der Waals surface area contributed by atoms with Gasteiger partial charge < -0.3 is 9.73 Å². The summed E-state index contributed by atoms with van der Waals surface area (Å²) < 4.78 is 44.4.